The number of ether oxygens (including phenoxy) is 1. The Hall–Kier alpha value is -4.58. The van der Waals surface area contributed by atoms with Crippen molar-refractivity contribution in [2.75, 3.05) is 23.7 Å². The van der Waals surface area contributed by atoms with Crippen molar-refractivity contribution in [1.82, 2.24) is 29.3 Å². The number of hydrogen-bond donors (Lipinski definition) is 2. The van der Waals surface area contributed by atoms with Crippen LogP contribution < -0.4 is 16.0 Å². The molecule has 0 aliphatic carbocycles. The molecular formula is C24H21ClF3N9O3. The molecule has 5 rings (SSSR count). The number of hydrogen-bond acceptors (Lipinski definition) is 9. The van der Waals surface area contributed by atoms with Gasteiger partial charge in [-0.2, -0.15) is 18.4 Å². The number of piperidine rings is 1. The van der Waals surface area contributed by atoms with Crippen molar-refractivity contribution in [1.29, 1.82) is 5.26 Å². The summed E-state index contributed by atoms with van der Waals surface area (Å²) in [5.74, 6) is -3.29. The smallest absolute Gasteiger partial charge is 0.454 e. The van der Waals surface area contributed by atoms with Gasteiger partial charge in [0.1, 0.15) is 23.8 Å². The largest absolute Gasteiger partial charge is 0.490 e. The zero-order chi connectivity index (χ0) is 28.8. The van der Waals surface area contributed by atoms with Gasteiger partial charge < -0.3 is 20.7 Å². The molecule has 16 heteroatoms. The van der Waals surface area contributed by atoms with Crippen LogP contribution in [0.25, 0.3) is 11.2 Å². The van der Waals surface area contributed by atoms with Gasteiger partial charge in [0, 0.05) is 30.9 Å². The van der Waals surface area contributed by atoms with Crippen molar-refractivity contribution < 1.29 is 27.5 Å². The summed E-state index contributed by atoms with van der Waals surface area (Å²) in [6.07, 6.45) is -0.437. The number of nitrogens with zero attached hydrogens (tertiary/aromatic N) is 7. The minimum atomic E-state index is -5.18. The molecule has 208 valence electrons. The second-order valence-electron chi connectivity index (χ2n) is 9.26. The first-order valence-corrected chi connectivity index (χ1v) is 12.3. The summed E-state index contributed by atoms with van der Waals surface area (Å²) in [5, 5.41) is 16.9. The normalized spacial score (nSPS) is 18.4. The van der Waals surface area contributed by atoms with E-state index in [0.29, 0.717) is 21.9 Å². The molecule has 1 fully saturated rings. The molecule has 0 saturated carbocycles. The average molecular weight is 576 g/mol. The third kappa shape index (κ3) is 4.93. The molecule has 0 bridgehead atoms. The lowest BCUT2D eigenvalue weighted by atomic mass is 9.96. The highest BCUT2D eigenvalue weighted by Gasteiger charge is 2.44. The van der Waals surface area contributed by atoms with E-state index in [9.17, 15) is 28.0 Å². The SMILES string of the molecule is CC(NC(=O)c1c(N)nn2cccnc12)c1cc(Cl)c2cncn2c1N1C[C@H](C#N)C[C@@H](OC(=O)C(F)(F)F)C1. The maximum Gasteiger partial charge on any atom is 0.490 e. The van der Waals surface area contributed by atoms with Crippen LogP contribution in [0.2, 0.25) is 5.02 Å². The van der Waals surface area contributed by atoms with E-state index in [2.05, 4.69) is 26.5 Å². The number of carbonyl (C=O) groups excluding carboxylic acids is 2. The van der Waals surface area contributed by atoms with Crippen LogP contribution in [0.15, 0.2) is 37.1 Å². The van der Waals surface area contributed by atoms with Gasteiger partial charge >= 0.3 is 12.1 Å². The molecule has 1 aliphatic rings. The quantitative estimate of drug-likeness (QED) is 0.342. The van der Waals surface area contributed by atoms with E-state index in [1.165, 1.54) is 23.2 Å². The summed E-state index contributed by atoms with van der Waals surface area (Å²) in [6.45, 7) is 1.65. The molecule has 12 nitrogen and oxygen atoms in total. The summed E-state index contributed by atoms with van der Waals surface area (Å²) in [4.78, 5) is 34.8. The van der Waals surface area contributed by atoms with Crippen LogP contribution in [0.5, 0.6) is 0 Å². The minimum Gasteiger partial charge on any atom is -0.454 e. The van der Waals surface area contributed by atoms with Gasteiger partial charge in [0.2, 0.25) is 0 Å². The standard InChI is InChI=1S/C24H21ClF3N9O3/c1-12(33-21(38)18-19(30)34-37-4-2-3-32-20(18)37)15-6-16(25)17-8-31-11-36(17)22(15)35-9-13(7-29)5-14(10-35)40-23(39)24(26,27)28/h2-4,6,8,11-14H,5,9-10H2,1H3,(H2,30,34)(H,33,38)/t12?,13-,14+/m0/s1. The Bertz CT molecular complexity index is 1660. The lowest BCUT2D eigenvalue weighted by Gasteiger charge is -2.38. The number of nitriles is 1. The van der Waals surface area contributed by atoms with Gasteiger partial charge in [0.15, 0.2) is 11.5 Å². The summed E-state index contributed by atoms with van der Waals surface area (Å²) in [5.41, 5.74) is 7.24. The Morgan fingerprint density at radius 1 is 1.35 bits per heavy atom. The third-order valence-corrected chi connectivity index (χ3v) is 6.82. The predicted molar refractivity (Wildman–Crippen MR) is 135 cm³/mol. The van der Waals surface area contributed by atoms with Gasteiger partial charge in [0.05, 0.1) is 41.3 Å². The number of nitrogens with two attached hydrogens (primary N) is 1. The van der Waals surface area contributed by atoms with Crippen molar-refractivity contribution in [3.63, 3.8) is 0 Å². The van der Waals surface area contributed by atoms with Gasteiger partial charge in [-0.05, 0) is 19.1 Å². The highest BCUT2D eigenvalue weighted by atomic mass is 35.5. The van der Waals surface area contributed by atoms with Crippen LogP contribution >= 0.6 is 11.6 Å². The molecule has 1 amide bonds. The van der Waals surface area contributed by atoms with E-state index in [0.717, 1.165) is 0 Å². The second-order valence-corrected chi connectivity index (χ2v) is 9.66. The molecule has 1 unspecified atom stereocenters. The van der Waals surface area contributed by atoms with E-state index in [4.69, 9.17) is 22.1 Å². The maximum absolute atomic E-state index is 13.3. The average Bonchev–Trinajstić information content (AvgIpc) is 3.52. The molecule has 3 N–H and O–H groups in total. The van der Waals surface area contributed by atoms with Gasteiger partial charge in [-0.25, -0.2) is 19.3 Å². The van der Waals surface area contributed by atoms with Crippen LogP contribution in [0.4, 0.5) is 24.8 Å². The molecule has 1 aliphatic heterocycles. The fourth-order valence-electron chi connectivity index (χ4n) is 4.80. The number of pyridine rings is 1. The number of rotatable bonds is 5. The first kappa shape index (κ1) is 27.0. The number of nitrogens with one attached hydrogen (secondary N) is 1. The van der Waals surface area contributed by atoms with E-state index in [1.807, 2.05) is 0 Å². The van der Waals surface area contributed by atoms with Crippen LogP contribution in [0.3, 0.4) is 0 Å². The van der Waals surface area contributed by atoms with E-state index in [-0.39, 0.29) is 36.5 Å². The third-order valence-electron chi connectivity index (χ3n) is 6.51. The van der Waals surface area contributed by atoms with Crippen molar-refractivity contribution in [2.24, 2.45) is 5.92 Å². The molecule has 4 aromatic heterocycles. The second kappa shape index (κ2) is 10.2. The lowest BCUT2D eigenvalue weighted by Crippen LogP contribution is -2.47. The van der Waals surface area contributed by atoms with Gasteiger partial charge in [-0.15, -0.1) is 5.10 Å². The van der Waals surface area contributed by atoms with Crippen LogP contribution in [0, 0.1) is 17.2 Å². The van der Waals surface area contributed by atoms with E-state index in [1.54, 1.807) is 34.6 Å². The minimum absolute atomic E-state index is 0.0334. The number of carbonyl (C=O) groups is 2. The zero-order valence-corrected chi connectivity index (χ0v) is 21.5. The van der Waals surface area contributed by atoms with Crippen molar-refractivity contribution in [2.45, 2.75) is 31.7 Å². The fraction of sp³-hybridized carbons (Fsp3) is 0.333. The number of fused-ring (bicyclic) bond motifs is 2. The molecule has 0 spiro atoms. The molecule has 40 heavy (non-hydrogen) atoms. The van der Waals surface area contributed by atoms with Crippen molar-refractivity contribution in [3.8, 4) is 6.07 Å². The summed E-state index contributed by atoms with van der Waals surface area (Å²) >= 11 is 6.52. The predicted octanol–water partition coefficient (Wildman–Crippen LogP) is 2.93. The zero-order valence-electron chi connectivity index (χ0n) is 20.8. The van der Waals surface area contributed by atoms with E-state index >= 15 is 0 Å². The van der Waals surface area contributed by atoms with Gasteiger partial charge in [0.25, 0.3) is 5.91 Å². The van der Waals surface area contributed by atoms with E-state index < -0.39 is 36.1 Å². The molecule has 3 atom stereocenters. The van der Waals surface area contributed by atoms with Gasteiger partial charge in [-0.3, -0.25) is 9.20 Å². The number of imidazole rings is 1. The number of aromatic nitrogens is 5. The molecule has 4 aromatic rings. The Labute approximate surface area is 229 Å². The number of anilines is 2. The Kier molecular flexibility index (Phi) is 6.88. The number of esters is 1. The molecular weight excluding hydrogens is 555 g/mol. The number of halogens is 4. The van der Waals surface area contributed by atoms with Gasteiger partial charge in [-0.1, -0.05) is 11.6 Å². The maximum atomic E-state index is 13.3. The first-order chi connectivity index (χ1) is 19.0. The van der Waals surface area contributed by atoms with Crippen LogP contribution in [-0.4, -0.2) is 61.2 Å². The van der Waals surface area contributed by atoms with Crippen LogP contribution in [-0.2, 0) is 9.53 Å². The lowest BCUT2D eigenvalue weighted by molar-refractivity contribution is -0.205. The van der Waals surface area contributed by atoms with Crippen LogP contribution in [0.1, 0.15) is 35.3 Å². The summed E-state index contributed by atoms with van der Waals surface area (Å²) in [7, 11) is 0. The van der Waals surface area contributed by atoms with Crippen molar-refractivity contribution in [3.05, 3.63) is 53.2 Å². The monoisotopic (exact) mass is 575 g/mol. The topological polar surface area (TPSA) is 156 Å². The summed E-state index contributed by atoms with van der Waals surface area (Å²) in [6, 6.07) is 4.55. The summed E-state index contributed by atoms with van der Waals surface area (Å²) < 4.78 is 46.4. The molecule has 5 heterocycles. The highest BCUT2D eigenvalue weighted by Crippen LogP contribution is 2.36. The number of amides is 1. The number of alkyl halides is 3. The Balaban J connectivity index is 1.52. The van der Waals surface area contributed by atoms with Crippen molar-refractivity contribution >= 4 is 46.3 Å². The Morgan fingerprint density at radius 3 is 2.85 bits per heavy atom. The fourth-order valence-corrected chi connectivity index (χ4v) is 5.06. The highest BCUT2D eigenvalue weighted by molar-refractivity contribution is 6.34. The Morgan fingerprint density at radius 2 is 2.12 bits per heavy atom. The number of nitrogen functional groups attached to an aromatic ring is 1. The molecule has 0 radical (unpaired) electrons. The molecule has 0 aromatic carbocycles. The first-order valence-electron chi connectivity index (χ1n) is 11.9. The molecule has 1 saturated heterocycles.